The molecule has 2 heteroatoms. The Balaban J connectivity index is 1.90. The summed E-state index contributed by atoms with van der Waals surface area (Å²) in [6, 6.07) is 5.25. The maximum absolute atomic E-state index is 3.81. The van der Waals surface area contributed by atoms with Gasteiger partial charge in [-0.05, 0) is 74.3 Å². The van der Waals surface area contributed by atoms with Gasteiger partial charge in [0.15, 0.2) is 0 Å². The molecule has 20 heavy (non-hydrogen) atoms. The molecule has 1 saturated carbocycles. The number of hydrogen-bond donors (Lipinski definition) is 1. The molecule has 0 bridgehead atoms. The van der Waals surface area contributed by atoms with E-state index < -0.39 is 0 Å². The molecule has 0 aliphatic heterocycles. The monoisotopic (exact) mass is 293 g/mol. The number of hydrogen-bond acceptors (Lipinski definition) is 2. The lowest BCUT2D eigenvalue weighted by molar-refractivity contribution is 0.161. The highest BCUT2D eigenvalue weighted by atomic mass is 32.1. The summed E-state index contributed by atoms with van der Waals surface area (Å²) in [7, 11) is 0. The van der Waals surface area contributed by atoms with E-state index in [2.05, 4.69) is 43.6 Å². The third-order valence-corrected chi connectivity index (χ3v) is 5.90. The van der Waals surface area contributed by atoms with E-state index in [1.54, 1.807) is 4.88 Å². The minimum absolute atomic E-state index is 0.768. The van der Waals surface area contributed by atoms with E-state index in [0.717, 1.165) is 23.8 Å². The van der Waals surface area contributed by atoms with Crippen molar-refractivity contribution in [1.82, 2.24) is 5.32 Å². The zero-order valence-corrected chi connectivity index (χ0v) is 14.2. The number of nitrogens with one attached hydrogen (secondary N) is 1. The lowest BCUT2D eigenvalue weighted by Crippen LogP contribution is -2.42. The summed E-state index contributed by atoms with van der Waals surface area (Å²) in [4.78, 5) is 1.56. The van der Waals surface area contributed by atoms with Gasteiger partial charge in [0.1, 0.15) is 0 Å². The van der Waals surface area contributed by atoms with Gasteiger partial charge in [0.25, 0.3) is 0 Å². The SMILES string of the molecule is CCCNC1CCC(C(C)C)CC1CCc1cccs1. The maximum Gasteiger partial charge on any atom is 0.00956 e. The van der Waals surface area contributed by atoms with Crippen molar-refractivity contribution in [1.29, 1.82) is 0 Å². The molecule has 1 nitrogen and oxygen atoms in total. The Morgan fingerprint density at radius 3 is 2.85 bits per heavy atom. The van der Waals surface area contributed by atoms with Crippen LogP contribution in [0.3, 0.4) is 0 Å². The van der Waals surface area contributed by atoms with E-state index in [0.29, 0.717) is 0 Å². The molecule has 1 aromatic rings. The molecule has 1 aliphatic rings. The van der Waals surface area contributed by atoms with Gasteiger partial charge in [-0.25, -0.2) is 0 Å². The first-order valence-electron chi connectivity index (χ1n) is 8.46. The lowest BCUT2D eigenvalue weighted by Gasteiger charge is -2.38. The van der Waals surface area contributed by atoms with E-state index >= 15 is 0 Å². The third kappa shape index (κ3) is 4.60. The van der Waals surface area contributed by atoms with E-state index in [-0.39, 0.29) is 0 Å². The molecule has 3 unspecified atom stereocenters. The summed E-state index contributed by atoms with van der Waals surface area (Å²) in [6.07, 6.45) is 8.14. The van der Waals surface area contributed by atoms with Gasteiger partial charge in [-0.15, -0.1) is 11.3 Å². The van der Waals surface area contributed by atoms with Gasteiger partial charge < -0.3 is 5.32 Å². The fourth-order valence-electron chi connectivity index (χ4n) is 3.61. The molecule has 0 amide bonds. The Hall–Kier alpha value is -0.340. The molecule has 0 aromatic carbocycles. The summed E-state index contributed by atoms with van der Waals surface area (Å²) in [5.41, 5.74) is 0. The molecule has 1 aromatic heterocycles. The second kappa shape index (κ2) is 8.19. The highest BCUT2D eigenvalue weighted by molar-refractivity contribution is 7.09. The van der Waals surface area contributed by atoms with E-state index in [4.69, 9.17) is 0 Å². The van der Waals surface area contributed by atoms with Crippen LogP contribution in [0.5, 0.6) is 0 Å². The van der Waals surface area contributed by atoms with Crippen LogP contribution in [0.1, 0.15) is 57.8 Å². The predicted molar refractivity (Wildman–Crippen MR) is 90.4 cm³/mol. The van der Waals surface area contributed by atoms with Crippen molar-refractivity contribution in [3.05, 3.63) is 22.4 Å². The average Bonchev–Trinajstić information content (AvgIpc) is 2.96. The van der Waals surface area contributed by atoms with Gasteiger partial charge in [0, 0.05) is 10.9 Å². The highest BCUT2D eigenvalue weighted by Gasteiger charge is 2.31. The third-order valence-electron chi connectivity index (χ3n) is 4.96. The molecule has 1 aliphatic carbocycles. The molecule has 0 saturated heterocycles. The Kier molecular flexibility index (Phi) is 6.57. The molecule has 114 valence electrons. The van der Waals surface area contributed by atoms with E-state index in [1.807, 2.05) is 11.3 Å². The molecular weight excluding hydrogens is 262 g/mol. The van der Waals surface area contributed by atoms with Gasteiger partial charge >= 0.3 is 0 Å². The summed E-state index contributed by atoms with van der Waals surface area (Å²) in [6.45, 7) is 8.27. The zero-order valence-electron chi connectivity index (χ0n) is 13.4. The first-order chi connectivity index (χ1) is 9.70. The molecule has 0 radical (unpaired) electrons. The Morgan fingerprint density at radius 1 is 1.35 bits per heavy atom. The van der Waals surface area contributed by atoms with Crippen LogP contribution in [0.15, 0.2) is 17.5 Å². The molecule has 0 spiro atoms. The van der Waals surface area contributed by atoms with Crippen LogP contribution in [0.25, 0.3) is 0 Å². The Morgan fingerprint density at radius 2 is 2.20 bits per heavy atom. The van der Waals surface area contributed by atoms with Crippen molar-refractivity contribution in [2.24, 2.45) is 17.8 Å². The van der Waals surface area contributed by atoms with Gasteiger partial charge in [-0.3, -0.25) is 0 Å². The van der Waals surface area contributed by atoms with Crippen molar-refractivity contribution < 1.29 is 0 Å². The van der Waals surface area contributed by atoms with Crippen LogP contribution >= 0.6 is 11.3 Å². The number of aryl methyl sites for hydroxylation is 1. The standard InChI is InChI=1S/C18H31NS/c1-4-11-19-18-10-8-15(14(2)3)13-16(18)7-9-17-6-5-12-20-17/h5-6,12,14-16,18-19H,4,7-11,13H2,1-3H3. The Bertz CT molecular complexity index is 358. The summed E-state index contributed by atoms with van der Waals surface area (Å²) in [5.74, 6) is 2.68. The van der Waals surface area contributed by atoms with Gasteiger partial charge in [0.05, 0.1) is 0 Å². The van der Waals surface area contributed by atoms with Crippen molar-refractivity contribution in [2.75, 3.05) is 6.54 Å². The van der Waals surface area contributed by atoms with Gasteiger partial charge in [-0.2, -0.15) is 0 Å². The molecule has 1 heterocycles. The molecule has 1 N–H and O–H groups in total. The molecular formula is C18H31NS. The first kappa shape index (κ1) is 16.0. The van der Waals surface area contributed by atoms with Crippen LogP contribution in [0.4, 0.5) is 0 Å². The van der Waals surface area contributed by atoms with E-state index in [9.17, 15) is 0 Å². The normalized spacial score (nSPS) is 27.1. The summed E-state index contributed by atoms with van der Waals surface area (Å²) >= 11 is 1.92. The van der Waals surface area contributed by atoms with Crippen molar-refractivity contribution in [3.63, 3.8) is 0 Å². The molecule has 2 rings (SSSR count). The van der Waals surface area contributed by atoms with Crippen molar-refractivity contribution in [3.8, 4) is 0 Å². The largest absolute Gasteiger partial charge is 0.314 e. The highest BCUT2D eigenvalue weighted by Crippen LogP contribution is 2.36. The smallest absolute Gasteiger partial charge is 0.00956 e. The minimum Gasteiger partial charge on any atom is -0.314 e. The second-order valence-corrected chi connectivity index (χ2v) is 7.79. The average molecular weight is 294 g/mol. The fourth-order valence-corrected chi connectivity index (χ4v) is 4.33. The van der Waals surface area contributed by atoms with Crippen LogP contribution < -0.4 is 5.32 Å². The first-order valence-corrected chi connectivity index (χ1v) is 9.34. The van der Waals surface area contributed by atoms with Crippen LogP contribution in [0.2, 0.25) is 0 Å². The van der Waals surface area contributed by atoms with Crippen LogP contribution in [-0.2, 0) is 6.42 Å². The lowest BCUT2D eigenvalue weighted by atomic mass is 9.72. The Labute approximate surface area is 129 Å². The molecule has 3 atom stereocenters. The number of rotatable bonds is 7. The zero-order chi connectivity index (χ0) is 14.4. The van der Waals surface area contributed by atoms with Crippen LogP contribution in [-0.4, -0.2) is 12.6 Å². The minimum atomic E-state index is 0.768. The van der Waals surface area contributed by atoms with Crippen LogP contribution in [0, 0.1) is 17.8 Å². The summed E-state index contributed by atoms with van der Waals surface area (Å²) < 4.78 is 0. The number of thiophene rings is 1. The van der Waals surface area contributed by atoms with Crippen molar-refractivity contribution >= 4 is 11.3 Å². The van der Waals surface area contributed by atoms with Crippen molar-refractivity contribution in [2.45, 2.75) is 65.3 Å². The fraction of sp³-hybridized carbons (Fsp3) is 0.778. The molecule has 1 fully saturated rings. The predicted octanol–water partition coefficient (Wildman–Crippen LogP) is 5.12. The topological polar surface area (TPSA) is 12.0 Å². The quantitative estimate of drug-likeness (QED) is 0.735. The van der Waals surface area contributed by atoms with E-state index in [1.165, 1.54) is 45.1 Å². The van der Waals surface area contributed by atoms with Gasteiger partial charge in [-0.1, -0.05) is 26.8 Å². The van der Waals surface area contributed by atoms with Gasteiger partial charge in [0.2, 0.25) is 0 Å². The summed E-state index contributed by atoms with van der Waals surface area (Å²) in [5, 5.41) is 6.02. The maximum atomic E-state index is 3.81. The second-order valence-electron chi connectivity index (χ2n) is 6.76.